The monoisotopic (exact) mass is 222 g/mol. The highest BCUT2D eigenvalue weighted by atomic mass is 16.5. The average molecular weight is 222 g/mol. The van der Waals surface area contributed by atoms with Gasteiger partial charge < -0.3 is 10.2 Å². The van der Waals surface area contributed by atoms with Crippen LogP contribution in [-0.4, -0.2) is 17.1 Å². The fourth-order valence-electron chi connectivity index (χ4n) is 2.30. The summed E-state index contributed by atoms with van der Waals surface area (Å²) in [6, 6.07) is 1.75. The van der Waals surface area contributed by atoms with E-state index in [4.69, 9.17) is 10.6 Å². The zero-order chi connectivity index (χ0) is 11.4. The largest absolute Gasteiger partial charge is 0.370 e. The fraction of sp³-hybridized carbons (Fsp3) is 0.636. The molecule has 0 atom stereocenters. The van der Waals surface area contributed by atoms with Gasteiger partial charge in [0, 0.05) is 19.4 Å². The second kappa shape index (κ2) is 4.76. The van der Waals surface area contributed by atoms with Gasteiger partial charge in [0.25, 0.3) is 0 Å². The lowest BCUT2D eigenvalue weighted by Crippen LogP contribution is -2.33. The Morgan fingerprint density at radius 3 is 2.75 bits per heavy atom. The molecule has 5 heteroatoms. The third-order valence-electron chi connectivity index (χ3n) is 3.26. The molecular formula is C11H18N4O. The normalized spacial score (nSPS) is 19.4. The summed E-state index contributed by atoms with van der Waals surface area (Å²) >= 11 is 0. The molecule has 1 aliphatic rings. The molecule has 3 N–H and O–H groups in total. The highest BCUT2D eigenvalue weighted by Gasteiger charge is 2.36. The van der Waals surface area contributed by atoms with Crippen LogP contribution in [-0.2, 0) is 10.3 Å². The summed E-state index contributed by atoms with van der Waals surface area (Å²) in [4.78, 5) is 8.71. The van der Waals surface area contributed by atoms with Crippen LogP contribution < -0.4 is 11.3 Å². The molecule has 0 radical (unpaired) electrons. The number of nitrogen functional groups attached to an aromatic ring is 1. The van der Waals surface area contributed by atoms with Gasteiger partial charge in [0.05, 0.1) is 0 Å². The molecule has 0 saturated heterocycles. The van der Waals surface area contributed by atoms with Gasteiger partial charge in [-0.25, -0.2) is 15.8 Å². The molecule has 16 heavy (non-hydrogen) atoms. The van der Waals surface area contributed by atoms with E-state index < -0.39 is 0 Å². The van der Waals surface area contributed by atoms with Crippen molar-refractivity contribution in [2.45, 2.75) is 37.7 Å². The van der Waals surface area contributed by atoms with Crippen molar-refractivity contribution in [3.05, 3.63) is 18.1 Å². The SMILES string of the molecule is COC1(c2nccc(NN)n2)CCCCC1. The van der Waals surface area contributed by atoms with Gasteiger partial charge in [0.15, 0.2) is 5.82 Å². The first kappa shape index (κ1) is 11.3. The van der Waals surface area contributed by atoms with E-state index in [0.29, 0.717) is 5.82 Å². The minimum absolute atomic E-state index is 0.314. The quantitative estimate of drug-likeness (QED) is 0.600. The maximum atomic E-state index is 5.67. The van der Waals surface area contributed by atoms with Crippen LogP contribution >= 0.6 is 0 Å². The number of nitrogens with one attached hydrogen (secondary N) is 1. The Kier molecular flexibility index (Phi) is 3.36. The molecule has 2 rings (SSSR count). The van der Waals surface area contributed by atoms with Crippen molar-refractivity contribution in [1.82, 2.24) is 9.97 Å². The number of aromatic nitrogens is 2. The zero-order valence-electron chi connectivity index (χ0n) is 9.57. The predicted molar refractivity (Wildman–Crippen MR) is 61.6 cm³/mol. The van der Waals surface area contributed by atoms with E-state index in [2.05, 4.69) is 15.4 Å². The van der Waals surface area contributed by atoms with Gasteiger partial charge >= 0.3 is 0 Å². The van der Waals surface area contributed by atoms with E-state index in [1.165, 1.54) is 6.42 Å². The van der Waals surface area contributed by atoms with E-state index >= 15 is 0 Å². The standard InChI is InChI=1S/C11H18N4O/c1-16-11(6-3-2-4-7-11)10-13-8-5-9(14-10)15-12/h5,8H,2-4,6-7,12H2,1H3,(H,13,14,15). The first-order valence-corrected chi connectivity index (χ1v) is 5.66. The minimum Gasteiger partial charge on any atom is -0.370 e. The average Bonchev–Trinajstić information content (AvgIpc) is 2.39. The van der Waals surface area contributed by atoms with Gasteiger partial charge in [-0.1, -0.05) is 19.3 Å². The Bertz CT molecular complexity index is 350. The number of methoxy groups -OCH3 is 1. The summed E-state index contributed by atoms with van der Waals surface area (Å²) in [7, 11) is 1.73. The van der Waals surface area contributed by atoms with Crippen molar-refractivity contribution in [2.24, 2.45) is 5.84 Å². The number of ether oxygens (including phenoxy) is 1. The number of rotatable bonds is 3. The molecule has 0 aliphatic heterocycles. The van der Waals surface area contributed by atoms with Crippen LogP contribution in [0.2, 0.25) is 0 Å². The third-order valence-corrected chi connectivity index (χ3v) is 3.26. The molecule has 5 nitrogen and oxygen atoms in total. The number of nitrogens with zero attached hydrogens (tertiary/aromatic N) is 2. The maximum absolute atomic E-state index is 5.67. The highest BCUT2D eigenvalue weighted by molar-refractivity contribution is 5.31. The van der Waals surface area contributed by atoms with Crippen molar-refractivity contribution in [3.63, 3.8) is 0 Å². The Hall–Kier alpha value is -1.20. The van der Waals surface area contributed by atoms with Gasteiger partial charge in [0.2, 0.25) is 0 Å². The van der Waals surface area contributed by atoms with Crippen LogP contribution in [0.25, 0.3) is 0 Å². The van der Waals surface area contributed by atoms with E-state index in [9.17, 15) is 0 Å². The molecule has 1 heterocycles. The molecule has 1 aromatic heterocycles. The van der Waals surface area contributed by atoms with Crippen LogP contribution in [0.15, 0.2) is 12.3 Å². The smallest absolute Gasteiger partial charge is 0.162 e. The summed E-state index contributed by atoms with van der Waals surface area (Å²) in [5, 5.41) is 0. The van der Waals surface area contributed by atoms with Gasteiger partial charge in [-0.2, -0.15) is 0 Å². The van der Waals surface area contributed by atoms with Crippen LogP contribution in [0.1, 0.15) is 37.9 Å². The van der Waals surface area contributed by atoms with E-state index in [1.54, 1.807) is 19.4 Å². The Labute approximate surface area is 95.4 Å². The topological polar surface area (TPSA) is 73.1 Å². The summed E-state index contributed by atoms with van der Waals surface area (Å²) in [5.74, 6) is 6.72. The lowest BCUT2D eigenvalue weighted by atomic mass is 9.84. The first-order chi connectivity index (χ1) is 7.80. The van der Waals surface area contributed by atoms with Crippen molar-refractivity contribution in [2.75, 3.05) is 12.5 Å². The Morgan fingerprint density at radius 1 is 1.38 bits per heavy atom. The molecule has 1 saturated carbocycles. The van der Waals surface area contributed by atoms with Crippen LogP contribution in [0.3, 0.4) is 0 Å². The number of hydrogen-bond donors (Lipinski definition) is 2. The molecule has 1 fully saturated rings. The maximum Gasteiger partial charge on any atom is 0.162 e. The molecule has 1 aromatic rings. The Morgan fingerprint density at radius 2 is 2.12 bits per heavy atom. The molecule has 1 aliphatic carbocycles. The Balaban J connectivity index is 2.31. The van der Waals surface area contributed by atoms with E-state index in [-0.39, 0.29) is 5.60 Å². The van der Waals surface area contributed by atoms with Crippen molar-refractivity contribution >= 4 is 5.82 Å². The molecule has 0 unspecified atom stereocenters. The van der Waals surface area contributed by atoms with Gasteiger partial charge in [-0.15, -0.1) is 0 Å². The molecule has 0 aromatic carbocycles. The lowest BCUT2D eigenvalue weighted by molar-refractivity contribution is -0.0514. The summed E-state index contributed by atoms with van der Waals surface area (Å²) in [6.07, 6.45) is 7.27. The molecule has 0 amide bonds. The van der Waals surface area contributed by atoms with Crippen molar-refractivity contribution < 1.29 is 4.74 Å². The summed E-state index contributed by atoms with van der Waals surface area (Å²) in [6.45, 7) is 0. The van der Waals surface area contributed by atoms with Crippen LogP contribution in [0, 0.1) is 0 Å². The molecule has 0 spiro atoms. The number of nitrogens with two attached hydrogens (primary N) is 1. The highest BCUT2D eigenvalue weighted by Crippen LogP contribution is 2.38. The third kappa shape index (κ3) is 2.01. The second-order valence-corrected chi connectivity index (χ2v) is 4.17. The number of hydrogen-bond acceptors (Lipinski definition) is 5. The van der Waals surface area contributed by atoms with Crippen molar-refractivity contribution in [1.29, 1.82) is 0 Å². The number of hydrazine groups is 1. The van der Waals surface area contributed by atoms with E-state index in [1.807, 2.05) is 0 Å². The van der Waals surface area contributed by atoms with Gasteiger partial charge in [-0.3, -0.25) is 0 Å². The fourth-order valence-corrected chi connectivity index (χ4v) is 2.30. The molecule has 88 valence electrons. The van der Waals surface area contributed by atoms with Crippen LogP contribution in [0.5, 0.6) is 0 Å². The predicted octanol–water partition coefficient (Wildman–Crippen LogP) is 1.57. The summed E-state index contributed by atoms with van der Waals surface area (Å²) < 4.78 is 5.67. The summed E-state index contributed by atoms with van der Waals surface area (Å²) in [5.41, 5.74) is 2.23. The zero-order valence-corrected chi connectivity index (χ0v) is 9.57. The number of anilines is 1. The van der Waals surface area contributed by atoms with Gasteiger partial charge in [0.1, 0.15) is 11.4 Å². The van der Waals surface area contributed by atoms with Crippen molar-refractivity contribution in [3.8, 4) is 0 Å². The second-order valence-electron chi connectivity index (χ2n) is 4.17. The minimum atomic E-state index is -0.314. The van der Waals surface area contributed by atoms with E-state index in [0.717, 1.165) is 31.5 Å². The molecule has 0 bridgehead atoms. The molecular weight excluding hydrogens is 204 g/mol. The van der Waals surface area contributed by atoms with Gasteiger partial charge in [-0.05, 0) is 12.8 Å². The first-order valence-electron chi connectivity index (χ1n) is 5.66. The lowest BCUT2D eigenvalue weighted by Gasteiger charge is -2.34. The van der Waals surface area contributed by atoms with Crippen LogP contribution in [0.4, 0.5) is 5.82 Å².